The summed E-state index contributed by atoms with van der Waals surface area (Å²) >= 11 is 6.16. The first-order valence-corrected chi connectivity index (χ1v) is 6.11. The number of nitrogen functional groups attached to an aromatic ring is 1. The molecule has 18 heavy (non-hydrogen) atoms. The highest BCUT2D eigenvalue weighted by molar-refractivity contribution is 6.32. The van der Waals surface area contributed by atoms with Gasteiger partial charge in [0.1, 0.15) is 11.6 Å². The summed E-state index contributed by atoms with van der Waals surface area (Å²) in [4.78, 5) is 0. The van der Waals surface area contributed by atoms with E-state index < -0.39 is 0 Å². The first kappa shape index (κ1) is 12.8. The van der Waals surface area contributed by atoms with E-state index in [0.717, 1.165) is 23.2 Å². The molecule has 96 valence electrons. The lowest BCUT2D eigenvalue weighted by molar-refractivity contribution is 0.414. The second-order valence-electron chi connectivity index (χ2n) is 4.08. The van der Waals surface area contributed by atoms with E-state index in [1.54, 1.807) is 11.8 Å². The molecule has 0 radical (unpaired) electrons. The van der Waals surface area contributed by atoms with Gasteiger partial charge in [-0.2, -0.15) is 5.10 Å². The Morgan fingerprint density at radius 1 is 1.39 bits per heavy atom. The average Bonchev–Trinajstić information content (AvgIpc) is 2.69. The first-order chi connectivity index (χ1) is 8.56. The number of nitrogens with two attached hydrogens (primary N) is 1. The van der Waals surface area contributed by atoms with Gasteiger partial charge in [0, 0.05) is 18.7 Å². The minimum atomic E-state index is 0.578. The van der Waals surface area contributed by atoms with Gasteiger partial charge in [-0.3, -0.25) is 4.68 Å². The highest BCUT2D eigenvalue weighted by atomic mass is 35.5. The van der Waals surface area contributed by atoms with Crippen LogP contribution in [0, 0.1) is 0 Å². The van der Waals surface area contributed by atoms with Crippen LogP contribution in [0.1, 0.15) is 12.5 Å². The van der Waals surface area contributed by atoms with E-state index in [1.807, 2.05) is 25.2 Å². The Balaban J connectivity index is 2.59. The lowest BCUT2D eigenvalue weighted by atomic mass is 10.0. The topological polar surface area (TPSA) is 53.1 Å². The van der Waals surface area contributed by atoms with Crippen molar-refractivity contribution in [1.82, 2.24) is 9.78 Å². The predicted octanol–water partition coefficient (Wildman–Crippen LogP) is 2.89. The molecular formula is C13H16ClN3O. The zero-order valence-electron chi connectivity index (χ0n) is 10.7. The fourth-order valence-electron chi connectivity index (χ4n) is 1.90. The van der Waals surface area contributed by atoms with E-state index in [1.165, 1.54) is 0 Å². The molecule has 0 spiro atoms. The predicted molar refractivity (Wildman–Crippen MR) is 74.0 cm³/mol. The fourth-order valence-corrected chi connectivity index (χ4v) is 2.14. The summed E-state index contributed by atoms with van der Waals surface area (Å²) in [5, 5.41) is 4.96. The van der Waals surface area contributed by atoms with Crippen molar-refractivity contribution in [3.8, 4) is 17.0 Å². The van der Waals surface area contributed by atoms with Crippen molar-refractivity contribution in [2.24, 2.45) is 7.05 Å². The Bertz CT molecular complexity index is 558. The first-order valence-electron chi connectivity index (χ1n) is 5.73. The Morgan fingerprint density at radius 2 is 2.11 bits per heavy atom. The lowest BCUT2D eigenvalue weighted by Gasteiger charge is -2.10. The van der Waals surface area contributed by atoms with Crippen molar-refractivity contribution in [2.45, 2.75) is 13.3 Å². The lowest BCUT2D eigenvalue weighted by Crippen LogP contribution is -1.97. The van der Waals surface area contributed by atoms with E-state index in [9.17, 15) is 0 Å². The SMILES string of the molecule is CCc1cc(OC)c(Cl)cc1-c1cc(N)n(C)n1. The molecule has 4 nitrogen and oxygen atoms in total. The molecule has 0 fully saturated rings. The van der Waals surface area contributed by atoms with Crippen molar-refractivity contribution >= 4 is 17.4 Å². The Kier molecular flexibility index (Phi) is 3.48. The number of halogens is 1. The van der Waals surface area contributed by atoms with E-state index >= 15 is 0 Å². The molecule has 0 aliphatic carbocycles. The molecule has 1 aromatic carbocycles. The molecule has 0 aliphatic heterocycles. The van der Waals surface area contributed by atoms with Crippen LogP contribution in [0.25, 0.3) is 11.3 Å². The van der Waals surface area contributed by atoms with Crippen LogP contribution in [0.5, 0.6) is 5.75 Å². The minimum Gasteiger partial charge on any atom is -0.495 e. The number of aryl methyl sites for hydroxylation is 2. The van der Waals surface area contributed by atoms with Crippen molar-refractivity contribution < 1.29 is 4.74 Å². The molecule has 2 rings (SSSR count). The zero-order valence-corrected chi connectivity index (χ0v) is 11.5. The zero-order chi connectivity index (χ0) is 13.3. The minimum absolute atomic E-state index is 0.578. The molecule has 0 saturated heterocycles. The fraction of sp³-hybridized carbons (Fsp3) is 0.308. The highest BCUT2D eigenvalue weighted by Crippen LogP contribution is 2.34. The van der Waals surface area contributed by atoms with Gasteiger partial charge in [0.15, 0.2) is 0 Å². The van der Waals surface area contributed by atoms with Crippen LogP contribution in [0.4, 0.5) is 5.82 Å². The second-order valence-corrected chi connectivity index (χ2v) is 4.48. The number of benzene rings is 1. The van der Waals surface area contributed by atoms with E-state index in [4.69, 9.17) is 22.1 Å². The Hall–Kier alpha value is -1.68. The molecule has 1 aromatic heterocycles. The summed E-state index contributed by atoms with van der Waals surface area (Å²) in [5.74, 6) is 1.31. The van der Waals surface area contributed by atoms with Crippen LogP contribution >= 0.6 is 11.6 Å². The number of anilines is 1. The van der Waals surface area contributed by atoms with Gasteiger partial charge in [0.25, 0.3) is 0 Å². The molecule has 0 aliphatic rings. The van der Waals surface area contributed by atoms with Gasteiger partial charge in [-0.05, 0) is 24.1 Å². The van der Waals surface area contributed by atoms with Gasteiger partial charge >= 0.3 is 0 Å². The number of hydrogen-bond acceptors (Lipinski definition) is 3. The maximum absolute atomic E-state index is 6.16. The molecule has 0 bridgehead atoms. The molecule has 2 aromatic rings. The quantitative estimate of drug-likeness (QED) is 0.928. The normalized spacial score (nSPS) is 10.7. The summed E-state index contributed by atoms with van der Waals surface area (Å²) in [6.07, 6.45) is 0.874. The Morgan fingerprint density at radius 3 is 2.61 bits per heavy atom. The molecular weight excluding hydrogens is 250 g/mol. The second kappa shape index (κ2) is 4.90. The molecule has 0 amide bonds. The third-order valence-electron chi connectivity index (χ3n) is 2.95. The number of rotatable bonds is 3. The largest absolute Gasteiger partial charge is 0.495 e. The Labute approximate surface area is 111 Å². The smallest absolute Gasteiger partial charge is 0.137 e. The van der Waals surface area contributed by atoms with E-state index in [0.29, 0.717) is 16.6 Å². The molecule has 5 heteroatoms. The summed E-state index contributed by atoms with van der Waals surface area (Å²) in [6, 6.07) is 5.67. The average molecular weight is 266 g/mol. The van der Waals surface area contributed by atoms with Gasteiger partial charge in [-0.1, -0.05) is 18.5 Å². The summed E-state index contributed by atoms with van der Waals surface area (Å²) < 4.78 is 6.87. The van der Waals surface area contributed by atoms with Crippen LogP contribution in [-0.4, -0.2) is 16.9 Å². The third kappa shape index (κ3) is 2.16. The van der Waals surface area contributed by atoms with Crippen molar-refractivity contribution in [2.75, 3.05) is 12.8 Å². The van der Waals surface area contributed by atoms with E-state index in [2.05, 4.69) is 12.0 Å². The third-order valence-corrected chi connectivity index (χ3v) is 3.25. The van der Waals surface area contributed by atoms with Crippen LogP contribution in [-0.2, 0) is 13.5 Å². The summed E-state index contributed by atoms with van der Waals surface area (Å²) in [7, 11) is 3.43. The molecule has 0 unspecified atom stereocenters. The van der Waals surface area contributed by atoms with Crippen LogP contribution < -0.4 is 10.5 Å². The maximum atomic E-state index is 6.16. The molecule has 2 N–H and O–H groups in total. The van der Waals surface area contributed by atoms with Crippen LogP contribution in [0.3, 0.4) is 0 Å². The van der Waals surface area contributed by atoms with Gasteiger partial charge in [0.2, 0.25) is 0 Å². The maximum Gasteiger partial charge on any atom is 0.137 e. The van der Waals surface area contributed by atoms with Gasteiger partial charge in [0.05, 0.1) is 17.8 Å². The van der Waals surface area contributed by atoms with Gasteiger partial charge in [-0.15, -0.1) is 0 Å². The monoisotopic (exact) mass is 265 g/mol. The van der Waals surface area contributed by atoms with Crippen molar-refractivity contribution in [3.05, 3.63) is 28.8 Å². The standard InChI is InChI=1S/C13H16ClN3O/c1-4-8-5-12(18-3)10(14)6-9(8)11-7-13(15)17(2)16-11/h5-7H,4,15H2,1-3H3. The number of methoxy groups -OCH3 is 1. The highest BCUT2D eigenvalue weighted by Gasteiger charge is 2.13. The summed E-state index contributed by atoms with van der Waals surface area (Å²) in [6.45, 7) is 2.08. The molecule has 0 saturated carbocycles. The van der Waals surface area contributed by atoms with Crippen LogP contribution in [0.15, 0.2) is 18.2 Å². The number of ether oxygens (including phenoxy) is 1. The van der Waals surface area contributed by atoms with Gasteiger partial charge < -0.3 is 10.5 Å². The molecule has 0 atom stereocenters. The van der Waals surface area contributed by atoms with Crippen LogP contribution in [0.2, 0.25) is 5.02 Å². The summed E-state index contributed by atoms with van der Waals surface area (Å²) in [5.41, 5.74) is 8.77. The van der Waals surface area contributed by atoms with E-state index in [-0.39, 0.29) is 0 Å². The molecule has 1 heterocycles. The number of aromatic nitrogens is 2. The number of hydrogen-bond donors (Lipinski definition) is 1. The van der Waals surface area contributed by atoms with Gasteiger partial charge in [-0.25, -0.2) is 0 Å². The van der Waals surface area contributed by atoms with Crippen molar-refractivity contribution in [3.63, 3.8) is 0 Å². The number of nitrogens with zero attached hydrogens (tertiary/aromatic N) is 2. The van der Waals surface area contributed by atoms with Crippen molar-refractivity contribution in [1.29, 1.82) is 0 Å².